The highest BCUT2D eigenvalue weighted by molar-refractivity contribution is 7.98. The van der Waals surface area contributed by atoms with Crippen molar-refractivity contribution in [2.24, 2.45) is 0 Å². The fraction of sp³-hybridized carbons (Fsp3) is 0.500. The van der Waals surface area contributed by atoms with Gasteiger partial charge in [-0.1, -0.05) is 0 Å². The summed E-state index contributed by atoms with van der Waals surface area (Å²) in [5.41, 5.74) is -0.251. The highest BCUT2D eigenvalue weighted by Crippen LogP contribution is 2.20. The Balaban J connectivity index is 2.85. The molecular formula is C12H18N4O3S. The van der Waals surface area contributed by atoms with E-state index in [0.29, 0.717) is 18.9 Å². The fourth-order valence-electron chi connectivity index (χ4n) is 1.57. The largest absolute Gasteiger partial charge is 0.370 e. The van der Waals surface area contributed by atoms with E-state index in [-0.39, 0.29) is 11.3 Å². The Morgan fingerprint density at radius 1 is 1.55 bits per heavy atom. The van der Waals surface area contributed by atoms with Crippen LogP contribution in [0.2, 0.25) is 0 Å². The smallest absolute Gasteiger partial charge is 0.300 e. The van der Waals surface area contributed by atoms with Crippen molar-refractivity contribution in [3.8, 4) is 0 Å². The van der Waals surface area contributed by atoms with Gasteiger partial charge in [-0.2, -0.15) is 11.8 Å². The van der Waals surface area contributed by atoms with E-state index < -0.39 is 10.8 Å². The highest BCUT2D eigenvalue weighted by Gasteiger charge is 2.21. The molecule has 1 aromatic rings. The summed E-state index contributed by atoms with van der Waals surface area (Å²) in [5.74, 6) is 0.938. The van der Waals surface area contributed by atoms with E-state index in [1.807, 2.05) is 13.2 Å². The Bertz CT molecular complexity index is 482. The molecule has 1 aromatic heterocycles. The van der Waals surface area contributed by atoms with Gasteiger partial charge in [-0.05, 0) is 25.4 Å². The first-order valence-corrected chi connectivity index (χ1v) is 7.65. The van der Waals surface area contributed by atoms with Gasteiger partial charge >= 0.3 is 0 Å². The maximum Gasteiger partial charge on any atom is 0.300 e. The van der Waals surface area contributed by atoms with Gasteiger partial charge in [0.25, 0.3) is 11.6 Å². The van der Waals surface area contributed by atoms with Crippen molar-refractivity contribution in [3.05, 3.63) is 27.9 Å². The zero-order valence-electron chi connectivity index (χ0n) is 11.5. The Labute approximate surface area is 121 Å². The summed E-state index contributed by atoms with van der Waals surface area (Å²) in [6.07, 6.45) is 3.92. The number of nitro groups is 1. The van der Waals surface area contributed by atoms with Crippen molar-refractivity contribution in [3.63, 3.8) is 0 Å². The van der Waals surface area contributed by atoms with Crippen molar-refractivity contribution >= 4 is 29.2 Å². The third-order valence-corrected chi connectivity index (χ3v) is 3.19. The molecule has 1 amide bonds. The summed E-state index contributed by atoms with van der Waals surface area (Å²) < 4.78 is 0. The van der Waals surface area contributed by atoms with Gasteiger partial charge in [0.15, 0.2) is 0 Å². The molecule has 0 atom stereocenters. The van der Waals surface area contributed by atoms with E-state index in [0.717, 1.165) is 18.4 Å². The minimum Gasteiger partial charge on any atom is -0.370 e. The summed E-state index contributed by atoms with van der Waals surface area (Å²) in [7, 11) is 0. The summed E-state index contributed by atoms with van der Waals surface area (Å²) >= 11 is 1.69. The van der Waals surface area contributed by atoms with Crippen LogP contribution in [0.25, 0.3) is 0 Å². The van der Waals surface area contributed by atoms with Crippen molar-refractivity contribution in [1.82, 2.24) is 10.3 Å². The first kappa shape index (κ1) is 16.2. The number of carbonyl (C=O) groups excluding carboxylic acids is 1. The standard InChI is InChI=1S/C12H18N4O3S/c1-3-13-11-7-9(10(8-15-11)16(18)19)12(17)14-5-4-6-20-2/h7-8H,3-6H2,1-2H3,(H,13,15)(H,14,17). The lowest BCUT2D eigenvalue weighted by atomic mass is 10.2. The third-order valence-electron chi connectivity index (χ3n) is 2.49. The molecule has 0 fully saturated rings. The van der Waals surface area contributed by atoms with Crippen LogP contribution in [0, 0.1) is 10.1 Å². The lowest BCUT2D eigenvalue weighted by molar-refractivity contribution is -0.385. The monoisotopic (exact) mass is 298 g/mol. The Kier molecular flexibility index (Phi) is 6.78. The van der Waals surface area contributed by atoms with E-state index in [4.69, 9.17) is 0 Å². The number of rotatable bonds is 8. The van der Waals surface area contributed by atoms with Crippen LogP contribution < -0.4 is 10.6 Å². The van der Waals surface area contributed by atoms with Crippen LogP contribution in [0.3, 0.4) is 0 Å². The lowest BCUT2D eigenvalue weighted by Gasteiger charge is -2.07. The molecule has 7 nitrogen and oxygen atoms in total. The van der Waals surface area contributed by atoms with Gasteiger partial charge in [0.1, 0.15) is 17.6 Å². The third kappa shape index (κ3) is 4.69. The summed E-state index contributed by atoms with van der Waals surface area (Å²) in [6.45, 7) is 3.00. The number of nitrogens with one attached hydrogen (secondary N) is 2. The van der Waals surface area contributed by atoms with Crippen LogP contribution >= 0.6 is 11.8 Å². The van der Waals surface area contributed by atoms with Gasteiger partial charge in [0.05, 0.1) is 4.92 Å². The second-order valence-corrected chi connectivity index (χ2v) is 4.96. The minimum atomic E-state index is -0.598. The fourth-order valence-corrected chi connectivity index (χ4v) is 2.00. The number of pyridine rings is 1. The van der Waals surface area contributed by atoms with E-state index >= 15 is 0 Å². The van der Waals surface area contributed by atoms with Gasteiger partial charge < -0.3 is 10.6 Å². The molecule has 1 heterocycles. The topological polar surface area (TPSA) is 97.2 Å². The predicted octanol–water partition coefficient (Wildman–Crippen LogP) is 1.90. The minimum absolute atomic E-state index is 0.0325. The van der Waals surface area contributed by atoms with E-state index in [9.17, 15) is 14.9 Å². The average molecular weight is 298 g/mol. The second kappa shape index (κ2) is 8.36. The molecule has 0 spiro atoms. The van der Waals surface area contributed by atoms with Crippen molar-refractivity contribution in [2.75, 3.05) is 30.4 Å². The molecule has 20 heavy (non-hydrogen) atoms. The molecule has 0 aromatic carbocycles. The number of hydrogen-bond acceptors (Lipinski definition) is 6. The molecule has 0 saturated carbocycles. The van der Waals surface area contributed by atoms with E-state index in [1.54, 1.807) is 11.8 Å². The SMILES string of the molecule is CCNc1cc(C(=O)NCCCSC)c([N+](=O)[O-])cn1. The second-order valence-electron chi connectivity index (χ2n) is 3.98. The number of aromatic nitrogens is 1. The van der Waals surface area contributed by atoms with Crippen LogP contribution in [0.5, 0.6) is 0 Å². The highest BCUT2D eigenvalue weighted by atomic mass is 32.2. The number of thioether (sulfide) groups is 1. The quantitative estimate of drug-likeness (QED) is 0.432. The van der Waals surface area contributed by atoms with E-state index in [1.165, 1.54) is 6.07 Å². The van der Waals surface area contributed by atoms with Crippen molar-refractivity contribution in [1.29, 1.82) is 0 Å². The summed E-state index contributed by atoms with van der Waals surface area (Å²) in [5, 5.41) is 16.5. The van der Waals surface area contributed by atoms with Gasteiger partial charge in [-0.3, -0.25) is 14.9 Å². The molecule has 1 rings (SSSR count). The molecule has 0 aliphatic rings. The first-order chi connectivity index (χ1) is 9.60. The normalized spacial score (nSPS) is 10.1. The number of hydrogen-bond donors (Lipinski definition) is 2. The van der Waals surface area contributed by atoms with Gasteiger partial charge in [0, 0.05) is 19.2 Å². The van der Waals surface area contributed by atoms with Gasteiger partial charge in [0.2, 0.25) is 0 Å². The van der Waals surface area contributed by atoms with Crippen LogP contribution in [0.15, 0.2) is 12.3 Å². The molecule has 110 valence electrons. The van der Waals surface area contributed by atoms with Crippen LogP contribution in [0.4, 0.5) is 11.5 Å². The number of nitrogens with zero attached hydrogens (tertiary/aromatic N) is 2. The molecule has 0 bridgehead atoms. The molecular weight excluding hydrogens is 280 g/mol. The Morgan fingerprint density at radius 3 is 2.90 bits per heavy atom. The molecule has 0 unspecified atom stereocenters. The Morgan fingerprint density at radius 2 is 2.30 bits per heavy atom. The average Bonchev–Trinajstić information content (AvgIpc) is 2.43. The maximum absolute atomic E-state index is 12.0. The van der Waals surface area contributed by atoms with E-state index in [2.05, 4.69) is 15.6 Å². The molecule has 0 saturated heterocycles. The molecule has 0 radical (unpaired) electrons. The maximum atomic E-state index is 12.0. The molecule has 0 aliphatic carbocycles. The number of amides is 1. The van der Waals surface area contributed by atoms with Crippen LogP contribution in [-0.2, 0) is 0 Å². The zero-order chi connectivity index (χ0) is 15.0. The summed E-state index contributed by atoms with van der Waals surface area (Å²) in [4.78, 5) is 26.3. The number of anilines is 1. The van der Waals surface area contributed by atoms with Crippen molar-refractivity contribution < 1.29 is 9.72 Å². The van der Waals surface area contributed by atoms with Crippen LogP contribution in [0.1, 0.15) is 23.7 Å². The molecule has 0 aliphatic heterocycles. The van der Waals surface area contributed by atoms with Crippen LogP contribution in [-0.4, -0.2) is 40.9 Å². The zero-order valence-corrected chi connectivity index (χ0v) is 12.3. The summed E-state index contributed by atoms with van der Waals surface area (Å²) in [6, 6.07) is 1.41. The van der Waals surface area contributed by atoms with Gasteiger partial charge in [-0.25, -0.2) is 4.98 Å². The van der Waals surface area contributed by atoms with Gasteiger partial charge in [-0.15, -0.1) is 0 Å². The molecule has 2 N–H and O–H groups in total. The molecule has 8 heteroatoms. The number of carbonyl (C=O) groups is 1. The first-order valence-electron chi connectivity index (χ1n) is 6.25. The predicted molar refractivity (Wildman–Crippen MR) is 80.4 cm³/mol. The Hall–Kier alpha value is -1.83. The lowest BCUT2D eigenvalue weighted by Crippen LogP contribution is -2.26. The van der Waals surface area contributed by atoms with Crippen molar-refractivity contribution in [2.45, 2.75) is 13.3 Å².